The third-order valence-corrected chi connectivity index (χ3v) is 4.57. The minimum absolute atomic E-state index is 0.596. The van der Waals surface area contributed by atoms with Gasteiger partial charge in [-0.2, -0.15) is 0 Å². The Hall–Kier alpha value is -0.190. The maximum absolute atomic E-state index is 6.15. The van der Waals surface area contributed by atoms with Crippen LogP contribution in [0.3, 0.4) is 0 Å². The number of benzene rings is 1. The molecule has 18 heavy (non-hydrogen) atoms. The molecule has 0 fully saturated rings. The second-order valence-corrected chi connectivity index (χ2v) is 7.38. The summed E-state index contributed by atoms with van der Waals surface area (Å²) < 4.78 is 1.01. The summed E-state index contributed by atoms with van der Waals surface area (Å²) in [5, 5.41) is 5.59. The van der Waals surface area contributed by atoms with Crippen LogP contribution in [-0.4, -0.2) is 17.0 Å². The standard InChI is InChI=1S/C13H16BrClN2S/c1-8(2)5-10-7-16-13(18-10)17-12-6-9(14)3-4-11(12)15/h3-4,6,8,10H,5,7H2,1-2H3,(H,16,17). The topological polar surface area (TPSA) is 24.4 Å². The zero-order chi connectivity index (χ0) is 13.1. The first-order valence-corrected chi connectivity index (χ1v) is 8.03. The van der Waals surface area contributed by atoms with Crippen LogP contribution in [0.4, 0.5) is 5.69 Å². The lowest BCUT2D eigenvalue weighted by atomic mass is 10.1. The fourth-order valence-corrected chi connectivity index (χ4v) is 3.63. The normalized spacial score (nSPS) is 19.2. The summed E-state index contributed by atoms with van der Waals surface area (Å²) >= 11 is 11.4. The molecule has 1 aromatic rings. The van der Waals surface area contributed by atoms with Crippen molar-refractivity contribution in [3.8, 4) is 0 Å². The van der Waals surface area contributed by atoms with E-state index in [4.69, 9.17) is 11.6 Å². The minimum Gasteiger partial charge on any atom is -0.334 e. The van der Waals surface area contributed by atoms with Crippen LogP contribution in [0.2, 0.25) is 5.02 Å². The zero-order valence-corrected chi connectivity index (χ0v) is 13.6. The van der Waals surface area contributed by atoms with Gasteiger partial charge >= 0.3 is 0 Å². The molecule has 5 heteroatoms. The van der Waals surface area contributed by atoms with Gasteiger partial charge in [0, 0.05) is 9.72 Å². The van der Waals surface area contributed by atoms with Gasteiger partial charge in [0.05, 0.1) is 17.3 Å². The molecule has 1 unspecified atom stereocenters. The van der Waals surface area contributed by atoms with Gasteiger partial charge in [0.2, 0.25) is 0 Å². The fourth-order valence-electron chi connectivity index (χ4n) is 1.84. The maximum atomic E-state index is 6.15. The van der Waals surface area contributed by atoms with Crippen molar-refractivity contribution in [2.24, 2.45) is 10.9 Å². The van der Waals surface area contributed by atoms with E-state index in [2.05, 4.69) is 40.1 Å². The Morgan fingerprint density at radius 1 is 1.56 bits per heavy atom. The summed E-state index contributed by atoms with van der Waals surface area (Å²) in [7, 11) is 0. The monoisotopic (exact) mass is 346 g/mol. The van der Waals surface area contributed by atoms with E-state index >= 15 is 0 Å². The van der Waals surface area contributed by atoms with Crippen LogP contribution in [0.1, 0.15) is 20.3 Å². The van der Waals surface area contributed by atoms with E-state index in [1.165, 1.54) is 6.42 Å². The predicted octanol–water partition coefficient (Wildman–Crippen LogP) is 5.03. The molecule has 0 aliphatic carbocycles. The number of anilines is 1. The third-order valence-electron chi connectivity index (χ3n) is 2.62. The molecule has 0 bridgehead atoms. The van der Waals surface area contributed by atoms with E-state index in [1.54, 1.807) is 0 Å². The Bertz CT molecular complexity index is 462. The molecule has 1 atom stereocenters. The first-order valence-electron chi connectivity index (χ1n) is 5.98. The number of hydrogen-bond acceptors (Lipinski definition) is 3. The van der Waals surface area contributed by atoms with Crippen LogP contribution in [0, 0.1) is 5.92 Å². The first kappa shape index (κ1) is 14.2. The Morgan fingerprint density at radius 3 is 3.06 bits per heavy atom. The second kappa shape index (κ2) is 6.31. The molecule has 1 aliphatic heterocycles. The van der Waals surface area contributed by atoms with Crippen molar-refractivity contribution in [2.75, 3.05) is 11.9 Å². The highest BCUT2D eigenvalue weighted by atomic mass is 79.9. The minimum atomic E-state index is 0.596. The van der Waals surface area contributed by atoms with Crippen LogP contribution < -0.4 is 5.32 Å². The van der Waals surface area contributed by atoms with Gasteiger partial charge in [0.1, 0.15) is 0 Å². The first-order chi connectivity index (χ1) is 8.54. The average molecular weight is 348 g/mol. The smallest absolute Gasteiger partial charge is 0.161 e. The van der Waals surface area contributed by atoms with Crippen molar-refractivity contribution in [2.45, 2.75) is 25.5 Å². The van der Waals surface area contributed by atoms with E-state index in [0.29, 0.717) is 16.2 Å². The Labute approximate surface area is 126 Å². The fraction of sp³-hybridized carbons (Fsp3) is 0.462. The summed E-state index contributed by atoms with van der Waals surface area (Å²) in [6.07, 6.45) is 1.20. The molecule has 1 N–H and O–H groups in total. The van der Waals surface area contributed by atoms with Crippen LogP contribution in [0.5, 0.6) is 0 Å². The molecule has 0 spiro atoms. The molecule has 0 amide bonds. The van der Waals surface area contributed by atoms with Crippen LogP contribution >= 0.6 is 39.3 Å². The number of rotatable bonds is 3. The Kier molecular flexibility index (Phi) is 4.98. The number of nitrogens with zero attached hydrogens (tertiary/aromatic N) is 1. The number of hydrogen-bond donors (Lipinski definition) is 1. The number of aliphatic imine (C=N–C) groups is 1. The van der Waals surface area contributed by atoms with E-state index < -0.39 is 0 Å². The van der Waals surface area contributed by atoms with E-state index in [0.717, 1.165) is 21.9 Å². The molecule has 2 nitrogen and oxygen atoms in total. The number of nitrogens with one attached hydrogen (secondary N) is 1. The lowest BCUT2D eigenvalue weighted by Gasteiger charge is -2.12. The number of halogens is 2. The molecule has 1 aliphatic rings. The van der Waals surface area contributed by atoms with Gasteiger partial charge in [0.15, 0.2) is 5.17 Å². The highest BCUT2D eigenvalue weighted by Crippen LogP contribution is 2.31. The molecule has 0 radical (unpaired) electrons. The van der Waals surface area contributed by atoms with Crippen LogP contribution in [0.25, 0.3) is 0 Å². The molecular formula is C13H16BrClN2S. The van der Waals surface area contributed by atoms with E-state index in [-0.39, 0.29) is 0 Å². The van der Waals surface area contributed by atoms with Gasteiger partial charge < -0.3 is 5.32 Å². The van der Waals surface area contributed by atoms with Crippen LogP contribution in [-0.2, 0) is 0 Å². The van der Waals surface area contributed by atoms with Gasteiger partial charge in [0.25, 0.3) is 0 Å². The summed E-state index contributed by atoms with van der Waals surface area (Å²) in [5.74, 6) is 0.714. The lowest BCUT2D eigenvalue weighted by Crippen LogP contribution is -2.09. The molecule has 1 heterocycles. The summed E-state index contributed by atoms with van der Waals surface area (Å²) in [4.78, 5) is 4.53. The zero-order valence-electron chi connectivity index (χ0n) is 10.4. The van der Waals surface area contributed by atoms with Crippen molar-refractivity contribution in [3.05, 3.63) is 27.7 Å². The largest absolute Gasteiger partial charge is 0.334 e. The van der Waals surface area contributed by atoms with Crippen molar-refractivity contribution in [1.29, 1.82) is 0 Å². The molecule has 1 aromatic carbocycles. The van der Waals surface area contributed by atoms with Gasteiger partial charge in [-0.3, -0.25) is 4.99 Å². The highest BCUT2D eigenvalue weighted by Gasteiger charge is 2.21. The van der Waals surface area contributed by atoms with Gasteiger partial charge in [-0.05, 0) is 30.5 Å². The molecule has 0 saturated heterocycles. The summed E-state index contributed by atoms with van der Waals surface area (Å²) in [5.41, 5.74) is 0.905. The van der Waals surface area contributed by atoms with E-state index in [9.17, 15) is 0 Å². The van der Waals surface area contributed by atoms with Crippen LogP contribution in [0.15, 0.2) is 27.7 Å². The van der Waals surface area contributed by atoms with Crippen molar-refractivity contribution in [3.63, 3.8) is 0 Å². The van der Waals surface area contributed by atoms with Gasteiger partial charge in [-0.1, -0.05) is 53.1 Å². The second-order valence-electron chi connectivity index (χ2n) is 4.76. The quantitative estimate of drug-likeness (QED) is 0.829. The molecule has 2 rings (SSSR count). The van der Waals surface area contributed by atoms with Gasteiger partial charge in [-0.25, -0.2) is 0 Å². The van der Waals surface area contributed by atoms with Crippen molar-refractivity contribution >= 4 is 50.1 Å². The average Bonchev–Trinajstić information content (AvgIpc) is 2.70. The van der Waals surface area contributed by atoms with Crippen molar-refractivity contribution in [1.82, 2.24) is 0 Å². The highest BCUT2D eigenvalue weighted by molar-refractivity contribution is 9.10. The molecule has 0 aromatic heterocycles. The lowest BCUT2D eigenvalue weighted by molar-refractivity contribution is 0.575. The summed E-state index contributed by atoms with van der Waals surface area (Å²) in [6, 6.07) is 5.78. The van der Waals surface area contributed by atoms with Crippen molar-refractivity contribution < 1.29 is 0 Å². The summed E-state index contributed by atoms with van der Waals surface area (Å²) in [6.45, 7) is 5.39. The molecular weight excluding hydrogens is 332 g/mol. The van der Waals surface area contributed by atoms with Gasteiger partial charge in [-0.15, -0.1) is 0 Å². The van der Waals surface area contributed by atoms with E-state index in [1.807, 2.05) is 30.0 Å². The number of thioether (sulfide) groups is 1. The SMILES string of the molecule is CC(C)CC1CN=C(Nc2cc(Br)ccc2Cl)S1. The maximum Gasteiger partial charge on any atom is 0.161 e. The molecule has 98 valence electrons. The molecule has 0 saturated carbocycles. The predicted molar refractivity (Wildman–Crippen MR) is 85.9 cm³/mol. The number of amidine groups is 1. The Morgan fingerprint density at radius 2 is 2.33 bits per heavy atom. The Balaban J connectivity index is 1.97. The third kappa shape index (κ3) is 3.90.